The van der Waals surface area contributed by atoms with E-state index in [1.54, 1.807) is 0 Å². The number of hydrazone groups is 1. The van der Waals surface area contributed by atoms with Crippen LogP contribution in [0.1, 0.15) is 0 Å². The molecule has 13 heavy (non-hydrogen) atoms. The van der Waals surface area contributed by atoms with Crippen LogP contribution < -0.4 is 5.43 Å². The number of nitrogens with zero attached hydrogens (tertiary/aromatic N) is 1. The van der Waals surface area contributed by atoms with Gasteiger partial charge >= 0.3 is 0 Å². The molecule has 1 aromatic rings. The van der Waals surface area contributed by atoms with Gasteiger partial charge in [-0.2, -0.15) is 5.10 Å². The largest absolute Gasteiger partial charge is 0.295 e. The zero-order chi connectivity index (χ0) is 9.68. The van der Waals surface area contributed by atoms with Crippen LogP contribution in [-0.2, 0) is 4.79 Å². The van der Waals surface area contributed by atoms with Crippen LogP contribution in [0, 0.1) is 0 Å². The van der Waals surface area contributed by atoms with Crippen LogP contribution >= 0.6 is 27.5 Å². The van der Waals surface area contributed by atoms with Crippen molar-refractivity contribution < 1.29 is 4.79 Å². The van der Waals surface area contributed by atoms with Crippen molar-refractivity contribution in [2.75, 3.05) is 5.43 Å². The van der Waals surface area contributed by atoms with Gasteiger partial charge in [-0.05, 0) is 24.3 Å². The van der Waals surface area contributed by atoms with Crippen molar-refractivity contribution in [1.29, 1.82) is 0 Å². The monoisotopic (exact) mass is 260 g/mol. The highest BCUT2D eigenvalue weighted by Gasteiger charge is 1.91. The summed E-state index contributed by atoms with van der Waals surface area (Å²) in [6, 6.07) is 7.32. The number of nitrogens with one attached hydrogen (secondary N) is 1. The fraction of sp³-hybridized carbons (Fsp3) is 0. The number of hydrogen-bond donors (Lipinski definition) is 1. The first-order valence-corrected chi connectivity index (χ1v) is 4.59. The number of anilines is 1. The minimum Gasteiger partial charge on any atom is -0.295 e. The maximum Gasteiger partial charge on any atom is 0.189 e. The second-order valence-electron chi connectivity index (χ2n) is 2.17. The lowest BCUT2D eigenvalue weighted by Gasteiger charge is -1.98. The Labute approximate surface area is 88.9 Å². The van der Waals surface area contributed by atoms with E-state index >= 15 is 0 Å². The van der Waals surface area contributed by atoms with Crippen molar-refractivity contribution in [3.8, 4) is 0 Å². The minimum absolute atomic E-state index is 0.108. The molecule has 0 aliphatic rings. The van der Waals surface area contributed by atoms with Crippen molar-refractivity contribution >= 4 is 44.7 Å². The minimum atomic E-state index is -0.108. The smallest absolute Gasteiger partial charge is 0.189 e. The molecule has 68 valence electrons. The summed E-state index contributed by atoms with van der Waals surface area (Å²) in [4.78, 5) is 10.1. The number of halogens is 2. The average Bonchev–Trinajstić information content (AvgIpc) is 2.16. The Hall–Kier alpha value is -0.870. The first-order chi connectivity index (χ1) is 6.22. The highest BCUT2D eigenvalue weighted by molar-refractivity contribution is 9.10. The molecule has 5 heteroatoms. The Bertz CT molecular complexity index is 323. The number of carbonyl (C=O) groups excluding carboxylic acids is 1. The molecule has 0 aliphatic heterocycles. The number of aldehydes is 1. The molecular formula is C8H6BrClN2O. The summed E-state index contributed by atoms with van der Waals surface area (Å²) < 4.78 is 0.975. The molecule has 0 saturated heterocycles. The normalized spacial score (nSPS) is 11.1. The maximum atomic E-state index is 10.1. The molecule has 0 amide bonds. The fourth-order valence-electron chi connectivity index (χ4n) is 0.669. The van der Waals surface area contributed by atoms with Gasteiger partial charge in [0.1, 0.15) is 0 Å². The first kappa shape index (κ1) is 10.2. The van der Waals surface area contributed by atoms with Crippen LogP contribution in [0.15, 0.2) is 33.8 Å². The van der Waals surface area contributed by atoms with Gasteiger partial charge in [0.15, 0.2) is 11.5 Å². The highest BCUT2D eigenvalue weighted by atomic mass is 79.9. The number of benzene rings is 1. The van der Waals surface area contributed by atoms with E-state index in [-0.39, 0.29) is 5.17 Å². The van der Waals surface area contributed by atoms with E-state index in [2.05, 4.69) is 26.5 Å². The van der Waals surface area contributed by atoms with Crippen molar-refractivity contribution in [1.82, 2.24) is 0 Å². The van der Waals surface area contributed by atoms with Crippen molar-refractivity contribution in [3.05, 3.63) is 28.7 Å². The Kier molecular flexibility index (Phi) is 3.92. The molecule has 0 aliphatic carbocycles. The topological polar surface area (TPSA) is 41.5 Å². The lowest BCUT2D eigenvalue weighted by atomic mass is 10.3. The van der Waals surface area contributed by atoms with Gasteiger partial charge in [0.25, 0.3) is 0 Å². The summed E-state index contributed by atoms with van der Waals surface area (Å²) in [6.45, 7) is 0. The summed E-state index contributed by atoms with van der Waals surface area (Å²) >= 11 is 8.65. The highest BCUT2D eigenvalue weighted by Crippen LogP contribution is 2.13. The summed E-state index contributed by atoms with van der Waals surface area (Å²) in [5.41, 5.74) is 3.39. The second kappa shape index (κ2) is 4.99. The molecule has 0 radical (unpaired) electrons. The molecular weight excluding hydrogens is 255 g/mol. The van der Waals surface area contributed by atoms with Crippen molar-refractivity contribution in [3.63, 3.8) is 0 Å². The van der Waals surface area contributed by atoms with Gasteiger partial charge in [0, 0.05) is 4.47 Å². The van der Waals surface area contributed by atoms with E-state index in [1.165, 1.54) is 0 Å². The molecule has 0 aromatic heterocycles. The summed E-state index contributed by atoms with van der Waals surface area (Å²) in [6.07, 6.45) is 0.466. The first-order valence-electron chi connectivity index (χ1n) is 3.42. The molecule has 0 spiro atoms. The summed E-state index contributed by atoms with van der Waals surface area (Å²) in [7, 11) is 0. The van der Waals surface area contributed by atoms with Crippen LogP contribution in [-0.4, -0.2) is 11.5 Å². The van der Waals surface area contributed by atoms with Gasteiger partial charge in [-0.1, -0.05) is 27.5 Å². The SMILES string of the molecule is O=C/C(Cl)=N/Nc1ccc(Br)cc1. The molecule has 3 nitrogen and oxygen atoms in total. The number of hydrogen-bond acceptors (Lipinski definition) is 3. The molecule has 1 aromatic carbocycles. The van der Waals surface area contributed by atoms with Gasteiger partial charge in [-0.15, -0.1) is 0 Å². The van der Waals surface area contributed by atoms with Crippen LogP contribution in [0.25, 0.3) is 0 Å². The van der Waals surface area contributed by atoms with E-state index in [1.807, 2.05) is 24.3 Å². The third kappa shape index (κ3) is 3.57. The van der Waals surface area contributed by atoms with Crippen LogP contribution in [0.3, 0.4) is 0 Å². The van der Waals surface area contributed by atoms with E-state index in [0.717, 1.165) is 10.2 Å². The van der Waals surface area contributed by atoms with Crippen molar-refractivity contribution in [2.24, 2.45) is 5.10 Å². The second-order valence-corrected chi connectivity index (χ2v) is 3.47. The Balaban J connectivity index is 2.65. The summed E-state index contributed by atoms with van der Waals surface area (Å²) in [5.74, 6) is 0. The Morgan fingerprint density at radius 1 is 1.46 bits per heavy atom. The fourth-order valence-corrected chi connectivity index (χ4v) is 0.975. The molecule has 0 unspecified atom stereocenters. The maximum absolute atomic E-state index is 10.1. The summed E-state index contributed by atoms with van der Waals surface area (Å²) in [5, 5.41) is 3.48. The van der Waals surface area contributed by atoms with Gasteiger partial charge in [-0.25, -0.2) is 0 Å². The standard InChI is InChI=1S/C8H6BrClN2O/c9-6-1-3-7(4-2-6)11-12-8(10)5-13/h1-5,11H/b12-8-. The molecule has 0 bridgehead atoms. The quantitative estimate of drug-likeness (QED) is 0.516. The lowest BCUT2D eigenvalue weighted by molar-refractivity contribution is -0.102. The molecule has 0 saturated carbocycles. The predicted molar refractivity (Wildman–Crippen MR) is 57.1 cm³/mol. The lowest BCUT2D eigenvalue weighted by Crippen LogP contribution is -1.95. The van der Waals surface area contributed by atoms with E-state index in [4.69, 9.17) is 11.6 Å². The molecule has 1 rings (SSSR count). The van der Waals surface area contributed by atoms with Gasteiger partial charge in [0.05, 0.1) is 5.69 Å². The van der Waals surface area contributed by atoms with Crippen molar-refractivity contribution in [2.45, 2.75) is 0 Å². The molecule has 1 N–H and O–H groups in total. The molecule has 0 fully saturated rings. The predicted octanol–water partition coefficient (Wildman–Crippen LogP) is 2.61. The number of rotatable bonds is 3. The van der Waals surface area contributed by atoms with E-state index < -0.39 is 0 Å². The van der Waals surface area contributed by atoms with E-state index in [9.17, 15) is 4.79 Å². The average molecular weight is 262 g/mol. The van der Waals surface area contributed by atoms with Crippen LogP contribution in [0.5, 0.6) is 0 Å². The Morgan fingerprint density at radius 3 is 2.62 bits per heavy atom. The van der Waals surface area contributed by atoms with Gasteiger partial charge in [-0.3, -0.25) is 10.2 Å². The third-order valence-electron chi connectivity index (χ3n) is 1.23. The van der Waals surface area contributed by atoms with Gasteiger partial charge in [0.2, 0.25) is 0 Å². The molecule has 0 atom stereocenters. The molecule has 0 heterocycles. The van der Waals surface area contributed by atoms with Crippen LogP contribution in [0.2, 0.25) is 0 Å². The van der Waals surface area contributed by atoms with Crippen LogP contribution in [0.4, 0.5) is 5.69 Å². The zero-order valence-corrected chi connectivity index (χ0v) is 8.84. The van der Waals surface area contributed by atoms with E-state index in [0.29, 0.717) is 6.29 Å². The third-order valence-corrected chi connectivity index (χ3v) is 1.94. The van der Waals surface area contributed by atoms with Gasteiger partial charge < -0.3 is 0 Å². The zero-order valence-electron chi connectivity index (χ0n) is 6.50. The number of carbonyl (C=O) groups is 1. The Morgan fingerprint density at radius 2 is 2.08 bits per heavy atom.